The fourth-order valence-electron chi connectivity index (χ4n) is 2.42. The van der Waals surface area contributed by atoms with Crippen molar-refractivity contribution in [3.63, 3.8) is 0 Å². The quantitative estimate of drug-likeness (QED) is 0.828. The Kier molecular flexibility index (Phi) is 5.29. The van der Waals surface area contributed by atoms with E-state index in [1.54, 1.807) is 23.1 Å². The van der Waals surface area contributed by atoms with Gasteiger partial charge in [-0.05, 0) is 30.3 Å². The molecule has 0 spiro atoms. The summed E-state index contributed by atoms with van der Waals surface area (Å²) in [5.41, 5.74) is -0.346. The van der Waals surface area contributed by atoms with Gasteiger partial charge in [0.25, 0.3) is 5.91 Å². The minimum Gasteiger partial charge on any atom is -0.378 e. The zero-order valence-electron chi connectivity index (χ0n) is 13.1. The van der Waals surface area contributed by atoms with Crippen molar-refractivity contribution >= 4 is 17.7 Å². The highest BCUT2D eigenvalue weighted by Crippen LogP contribution is 2.35. The van der Waals surface area contributed by atoms with Crippen LogP contribution in [-0.2, 0) is 10.9 Å². The summed E-state index contributed by atoms with van der Waals surface area (Å²) < 4.78 is 43.8. The summed E-state index contributed by atoms with van der Waals surface area (Å²) in [6.45, 7) is 1.92. The minimum atomic E-state index is -4.41. The first-order chi connectivity index (χ1) is 11.9. The van der Waals surface area contributed by atoms with Crippen LogP contribution >= 0.6 is 11.8 Å². The van der Waals surface area contributed by atoms with E-state index in [1.807, 2.05) is 0 Å². The Morgan fingerprint density at radius 2 is 1.92 bits per heavy atom. The van der Waals surface area contributed by atoms with E-state index in [4.69, 9.17) is 4.74 Å². The number of carbonyl (C=O) groups is 1. The Hall–Kier alpha value is -2.06. The third kappa shape index (κ3) is 4.32. The molecule has 1 saturated heterocycles. The molecule has 25 heavy (non-hydrogen) atoms. The van der Waals surface area contributed by atoms with E-state index in [2.05, 4.69) is 4.98 Å². The van der Waals surface area contributed by atoms with Crippen LogP contribution in [0.25, 0.3) is 0 Å². The van der Waals surface area contributed by atoms with Crippen molar-refractivity contribution in [3.8, 4) is 0 Å². The number of halogens is 3. The van der Waals surface area contributed by atoms with Crippen LogP contribution in [0.4, 0.5) is 13.2 Å². The molecule has 4 nitrogen and oxygen atoms in total. The number of rotatable bonds is 3. The fraction of sp³-hybridized carbons (Fsp3) is 0.294. The molecule has 0 bridgehead atoms. The molecule has 1 aromatic heterocycles. The molecule has 1 aliphatic rings. The molecule has 1 amide bonds. The van der Waals surface area contributed by atoms with Gasteiger partial charge in [-0.25, -0.2) is 4.98 Å². The van der Waals surface area contributed by atoms with Gasteiger partial charge in [-0.15, -0.1) is 0 Å². The zero-order valence-corrected chi connectivity index (χ0v) is 13.9. The largest absolute Gasteiger partial charge is 0.416 e. The maximum Gasteiger partial charge on any atom is 0.416 e. The van der Waals surface area contributed by atoms with Gasteiger partial charge in [-0.2, -0.15) is 13.2 Å². The maximum atomic E-state index is 12.9. The normalized spacial score (nSPS) is 15.2. The van der Waals surface area contributed by atoms with Crippen LogP contribution in [0, 0.1) is 0 Å². The van der Waals surface area contributed by atoms with Crippen LogP contribution in [0.15, 0.2) is 52.5 Å². The molecule has 2 aromatic rings. The molecule has 132 valence electrons. The fourth-order valence-corrected chi connectivity index (χ4v) is 3.35. The Labute approximate surface area is 147 Å². The SMILES string of the molecule is O=C(c1cccnc1Sc1cccc(C(F)(F)F)c1)N1CCOCC1. The average molecular weight is 368 g/mol. The molecule has 0 aliphatic carbocycles. The van der Waals surface area contributed by atoms with E-state index < -0.39 is 11.7 Å². The van der Waals surface area contributed by atoms with Crippen LogP contribution in [0.5, 0.6) is 0 Å². The smallest absolute Gasteiger partial charge is 0.378 e. The molecule has 0 radical (unpaired) electrons. The predicted octanol–water partition coefficient (Wildman–Crippen LogP) is 3.72. The lowest BCUT2D eigenvalue weighted by Crippen LogP contribution is -2.40. The molecule has 1 fully saturated rings. The summed E-state index contributed by atoms with van der Waals surface area (Å²) in [6.07, 6.45) is -2.89. The maximum absolute atomic E-state index is 12.9. The van der Waals surface area contributed by atoms with Crippen molar-refractivity contribution in [2.75, 3.05) is 26.3 Å². The molecule has 8 heteroatoms. The Morgan fingerprint density at radius 3 is 2.64 bits per heavy atom. The first-order valence-electron chi connectivity index (χ1n) is 7.62. The number of hydrogen-bond donors (Lipinski definition) is 0. The number of alkyl halides is 3. The number of nitrogens with zero attached hydrogens (tertiary/aromatic N) is 2. The van der Waals surface area contributed by atoms with Gasteiger partial charge in [-0.1, -0.05) is 17.8 Å². The van der Waals surface area contributed by atoms with E-state index in [9.17, 15) is 18.0 Å². The van der Waals surface area contributed by atoms with Crippen molar-refractivity contribution in [1.29, 1.82) is 0 Å². The van der Waals surface area contributed by atoms with Gasteiger partial charge in [0, 0.05) is 24.2 Å². The summed E-state index contributed by atoms with van der Waals surface area (Å²) >= 11 is 1.05. The second-order valence-electron chi connectivity index (χ2n) is 5.39. The molecule has 1 aromatic carbocycles. The number of pyridine rings is 1. The van der Waals surface area contributed by atoms with E-state index in [0.29, 0.717) is 41.8 Å². The molecular formula is C17H15F3N2O2S. The lowest BCUT2D eigenvalue weighted by molar-refractivity contribution is -0.137. The van der Waals surface area contributed by atoms with Crippen molar-refractivity contribution in [2.45, 2.75) is 16.1 Å². The zero-order chi connectivity index (χ0) is 17.9. The topological polar surface area (TPSA) is 42.4 Å². The molecule has 0 unspecified atom stereocenters. The molecule has 3 rings (SSSR count). The van der Waals surface area contributed by atoms with Gasteiger partial charge in [-0.3, -0.25) is 4.79 Å². The molecular weight excluding hydrogens is 353 g/mol. The number of morpholine rings is 1. The third-order valence-corrected chi connectivity index (χ3v) is 4.68. The Morgan fingerprint density at radius 1 is 1.16 bits per heavy atom. The van der Waals surface area contributed by atoms with Crippen LogP contribution in [0.2, 0.25) is 0 Å². The summed E-state index contributed by atoms with van der Waals surface area (Å²) in [4.78, 5) is 18.9. The van der Waals surface area contributed by atoms with Gasteiger partial charge in [0.05, 0.1) is 24.3 Å². The Balaban J connectivity index is 1.85. The Bertz CT molecular complexity index is 762. The monoisotopic (exact) mass is 368 g/mol. The highest BCUT2D eigenvalue weighted by molar-refractivity contribution is 7.99. The summed E-state index contributed by atoms with van der Waals surface area (Å²) in [5, 5.41) is 0.387. The number of carbonyl (C=O) groups excluding carboxylic acids is 1. The highest BCUT2D eigenvalue weighted by atomic mass is 32.2. The summed E-state index contributed by atoms with van der Waals surface area (Å²) in [5.74, 6) is -0.189. The summed E-state index contributed by atoms with van der Waals surface area (Å²) in [6, 6.07) is 8.27. The first kappa shape index (κ1) is 17.8. The third-order valence-electron chi connectivity index (χ3n) is 3.68. The second-order valence-corrected chi connectivity index (χ2v) is 6.45. The van der Waals surface area contributed by atoms with Gasteiger partial charge >= 0.3 is 6.18 Å². The van der Waals surface area contributed by atoms with Gasteiger partial charge in [0.1, 0.15) is 5.03 Å². The highest BCUT2D eigenvalue weighted by Gasteiger charge is 2.30. The summed E-state index contributed by atoms with van der Waals surface area (Å²) in [7, 11) is 0. The second kappa shape index (κ2) is 7.45. The van der Waals surface area contributed by atoms with Gasteiger partial charge in [0.15, 0.2) is 0 Å². The van der Waals surface area contributed by atoms with E-state index in [1.165, 1.54) is 12.3 Å². The predicted molar refractivity (Wildman–Crippen MR) is 86.5 cm³/mol. The van der Waals surface area contributed by atoms with E-state index in [-0.39, 0.29) is 5.91 Å². The van der Waals surface area contributed by atoms with E-state index in [0.717, 1.165) is 23.9 Å². The standard InChI is InChI=1S/C17H15F3N2O2S/c18-17(19,20)12-3-1-4-13(11-12)25-15-14(5-2-6-21-15)16(23)22-7-9-24-10-8-22/h1-6,11H,7-10H2. The van der Waals surface area contributed by atoms with Crippen molar-refractivity contribution < 1.29 is 22.7 Å². The van der Waals surface area contributed by atoms with Crippen LogP contribution in [0.1, 0.15) is 15.9 Å². The average Bonchev–Trinajstić information content (AvgIpc) is 2.62. The van der Waals surface area contributed by atoms with E-state index >= 15 is 0 Å². The van der Waals surface area contributed by atoms with Gasteiger partial charge in [0.2, 0.25) is 0 Å². The van der Waals surface area contributed by atoms with Crippen molar-refractivity contribution in [3.05, 3.63) is 53.7 Å². The van der Waals surface area contributed by atoms with Crippen molar-refractivity contribution in [2.24, 2.45) is 0 Å². The number of ether oxygens (including phenoxy) is 1. The number of hydrogen-bond acceptors (Lipinski definition) is 4. The van der Waals surface area contributed by atoms with Crippen LogP contribution in [0.3, 0.4) is 0 Å². The number of amides is 1. The van der Waals surface area contributed by atoms with Gasteiger partial charge < -0.3 is 9.64 Å². The molecule has 0 saturated carbocycles. The minimum absolute atomic E-state index is 0.189. The van der Waals surface area contributed by atoms with Crippen LogP contribution in [-0.4, -0.2) is 42.1 Å². The van der Waals surface area contributed by atoms with Crippen molar-refractivity contribution in [1.82, 2.24) is 9.88 Å². The van der Waals surface area contributed by atoms with Crippen LogP contribution < -0.4 is 0 Å². The lowest BCUT2D eigenvalue weighted by atomic mass is 10.2. The number of aromatic nitrogens is 1. The number of benzene rings is 1. The molecule has 0 atom stereocenters. The molecule has 2 heterocycles. The lowest BCUT2D eigenvalue weighted by Gasteiger charge is -2.27. The molecule has 0 N–H and O–H groups in total. The molecule has 1 aliphatic heterocycles. The first-order valence-corrected chi connectivity index (χ1v) is 8.44.